The minimum Gasteiger partial charge on any atom is -0.328 e. The largest absolute Gasteiger partial charge is 0.328 e. The molecule has 1 fully saturated rings. The molecule has 0 bridgehead atoms. The maximum absolute atomic E-state index is 12.7. The van der Waals surface area contributed by atoms with Crippen LogP contribution in [-0.2, 0) is 0 Å². The van der Waals surface area contributed by atoms with E-state index in [1.807, 2.05) is 6.92 Å². The van der Waals surface area contributed by atoms with E-state index in [0.717, 1.165) is 12.8 Å². The number of rotatable bonds is 0. The van der Waals surface area contributed by atoms with Gasteiger partial charge in [-0.05, 0) is 25.2 Å². The quantitative estimate of drug-likeness (QED) is 0.529. The predicted octanol–water partition coefficient (Wildman–Crippen LogP) is 1.47. The molecule has 0 unspecified atom stereocenters. The molecule has 2 heteroatoms. The fraction of sp³-hybridized carbons (Fsp3) is 1.00. The van der Waals surface area contributed by atoms with E-state index in [9.17, 15) is 4.39 Å². The zero-order chi connectivity index (χ0) is 6.85. The van der Waals surface area contributed by atoms with Crippen LogP contribution in [0.3, 0.4) is 0 Å². The smallest absolute Gasteiger partial charge is 0.104 e. The highest BCUT2D eigenvalue weighted by Gasteiger charge is 2.24. The average molecular weight is 131 g/mol. The maximum Gasteiger partial charge on any atom is 0.104 e. The van der Waals surface area contributed by atoms with E-state index >= 15 is 0 Å². The van der Waals surface area contributed by atoms with E-state index < -0.39 is 6.17 Å². The molecular formula is C7H14FN. The summed E-state index contributed by atoms with van der Waals surface area (Å²) in [7, 11) is 0. The van der Waals surface area contributed by atoms with Crippen molar-refractivity contribution in [1.29, 1.82) is 0 Å². The van der Waals surface area contributed by atoms with E-state index in [0.29, 0.717) is 6.42 Å². The normalized spacial score (nSPS) is 45.0. The van der Waals surface area contributed by atoms with E-state index in [1.54, 1.807) is 0 Å². The Labute approximate surface area is 55.4 Å². The van der Waals surface area contributed by atoms with Gasteiger partial charge in [0.25, 0.3) is 0 Å². The van der Waals surface area contributed by atoms with Crippen LogP contribution >= 0.6 is 0 Å². The van der Waals surface area contributed by atoms with Crippen LogP contribution in [0.2, 0.25) is 0 Å². The molecule has 0 aliphatic heterocycles. The first-order valence-corrected chi connectivity index (χ1v) is 3.60. The van der Waals surface area contributed by atoms with Crippen molar-refractivity contribution >= 4 is 0 Å². The van der Waals surface area contributed by atoms with Crippen molar-refractivity contribution < 1.29 is 4.39 Å². The third-order valence-electron chi connectivity index (χ3n) is 2.14. The molecule has 0 spiro atoms. The molecule has 0 aromatic carbocycles. The van der Waals surface area contributed by atoms with Gasteiger partial charge in [0.2, 0.25) is 0 Å². The summed E-state index contributed by atoms with van der Waals surface area (Å²) in [6, 6.07) is 0.121. The molecule has 2 N–H and O–H groups in total. The molecule has 1 aliphatic carbocycles. The lowest BCUT2D eigenvalue weighted by Crippen LogP contribution is -2.33. The van der Waals surface area contributed by atoms with Crippen LogP contribution in [0.4, 0.5) is 4.39 Å². The Kier molecular flexibility index (Phi) is 2.06. The monoisotopic (exact) mass is 131 g/mol. The van der Waals surface area contributed by atoms with E-state index in [1.165, 1.54) is 0 Å². The predicted molar refractivity (Wildman–Crippen MR) is 35.9 cm³/mol. The Balaban J connectivity index is 2.35. The third-order valence-corrected chi connectivity index (χ3v) is 2.14. The minimum absolute atomic E-state index is 0.121. The van der Waals surface area contributed by atoms with Crippen molar-refractivity contribution in [1.82, 2.24) is 0 Å². The topological polar surface area (TPSA) is 26.0 Å². The minimum atomic E-state index is -0.645. The fourth-order valence-corrected chi connectivity index (χ4v) is 1.30. The third kappa shape index (κ3) is 1.65. The molecule has 1 nitrogen and oxygen atoms in total. The van der Waals surface area contributed by atoms with Crippen molar-refractivity contribution in [3.63, 3.8) is 0 Å². The second-order valence-corrected chi connectivity index (χ2v) is 3.07. The lowest BCUT2D eigenvalue weighted by molar-refractivity contribution is 0.165. The zero-order valence-electron chi connectivity index (χ0n) is 5.81. The van der Waals surface area contributed by atoms with E-state index in [2.05, 4.69) is 0 Å². The van der Waals surface area contributed by atoms with Gasteiger partial charge in [-0.3, -0.25) is 0 Å². The summed E-state index contributed by atoms with van der Waals surface area (Å²) in [5.41, 5.74) is 5.55. The first kappa shape index (κ1) is 7.00. The van der Waals surface area contributed by atoms with E-state index in [-0.39, 0.29) is 12.0 Å². The number of hydrogen-bond acceptors (Lipinski definition) is 1. The van der Waals surface area contributed by atoms with Gasteiger partial charge in [0.15, 0.2) is 0 Å². The van der Waals surface area contributed by atoms with Crippen molar-refractivity contribution in [2.45, 2.75) is 38.4 Å². The van der Waals surface area contributed by atoms with Crippen LogP contribution in [0, 0.1) is 5.92 Å². The summed E-state index contributed by atoms with van der Waals surface area (Å²) < 4.78 is 12.7. The van der Waals surface area contributed by atoms with Gasteiger partial charge in [0.1, 0.15) is 6.17 Å². The van der Waals surface area contributed by atoms with Crippen molar-refractivity contribution in [3.05, 3.63) is 0 Å². The summed E-state index contributed by atoms with van der Waals surface area (Å²) in [6.45, 7) is 1.95. The van der Waals surface area contributed by atoms with Crippen LogP contribution in [0.5, 0.6) is 0 Å². The second kappa shape index (κ2) is 2.65. The maximum atomic E-state index is 12.7. The molecule has 1 rings (SSSR count). The van der Waals surface area contributed by atoms with Gasteiger partial charge in [-0.15, -0.1) is 0 Å². The fourth-order valence-electron chi connectivity index (χ4n) is 1.30. The van der Waals surface area contributed by atoms with Gasteiger partial charge >= 0.3 is 0 Å². The molecule has 54 valence electrons. The Morgan fingerprint density at radius 3 is 2.56 bits per heavy atom. The molecule has 0 amide bonds. The molecule has 0 heterocycles. The number of nitrogens with two attached hydrogens (primary N) is 1. The molecule has 1 aliphatic rings. The van der Waals surface area contributed by atoms with Crippen LogP contribution in [-0.4, -0.2) is 12.2 Å². The summed E-state index contributed by atoms with van der Waals surface area (Å²) >= 11 is 0. The molecular weight excluding hydrogens is 117 g/mol. The average Bonchev–Trinajstić information content (AvgIpc) is 1.80. The van der Waals surface area contributed by atoms with Gasteiger partial charge in [-0.2, -0.15) is 0 Å². The molecule has 0 aromatic heterocycles. The highest BCUT2D eigenvalue weighted by Crippen LogP contribution is 2.25. The van der Waals surface area contributed by atoms with Crippen molar-refractivity contribution in [2.24, 2.45) is 11.7 Å². The summed E-state index contributed by atoms with van der Waals surface area (Å²) in [5.74, 6) is 0.241. The first-order chi connectivity index (χ1) is 4.20. The van der Waals surface area contributed by atoms with Gasteiger partial charge in [0, 0.05) is 6.04 Å². The number of hydrogen-bond donors (Lipinski definition) is 1. The zero-order valence-corrected chi connectivity index (χ0v) is 5.81. The summed E-state index contributed by atoms with van der Waals surface area (Å²) in [6.07, 6.45) is 1.89. The molecule has 0 saturated heterocycles. The Hall–Kier alpha value is -0.110. The van der Waals surface area contributed by atoms with Gasteiger partial charge < -0.3 is 5.73 Å². The number of alkyl halides is 1. The molecule has 9 heavy (non-hydrogen) atoms. The first-order valence-electron chi connectivity index (χ1n) is 3.60. The van der Waals surface area contributed by atoms with Crippen LogP contribution in [0.15, 0.2) is 0 Å². The van der Waals surface area contributed by atoms with Crippen LogP contribution in [0.1, 0.15) is 26.2 Å². The summed E-state index contributed by atoms with van der Waals surface area (Å²) in [4.78, 5) is 0. The van der Waals surface area contributed by atoms with E-state index in [4.69, 9.17) is 5.73 Å². The van der Waals surface area contributed by atoms with Gasteiger partial charge in [0.05, 0.1) is 0 Å². The van der Waals surface area contributed by atoms with Crippen molar-refractivity contribution in [2.75, 3.05) is 0 Å². The lowest BCUT2D eigenvalue weighted by Gasteiger charge is -2.26. The Bertz CT molecular complexity index is 94.9. The standard InChI is InChI=1S/C7H14FN/c1-5-2-3-6(9)4-7(5)8/h5-7H,2-4,9H2,1H3/t5-,6-,7+/m1/s1. The van der Waals surface area contributed by atoms with Gasteiger partial charge in [-0.25, -0.2) is 4.39 Å². The molecule has 3 atom stereocenters. The summed E-state index contributed by atoms with van der Waals surface area (Å²) in [5, 5.41) is 0. The Morgan fingerprint density at radius 1 is 1.44 bits per heavy atom. The molecule has 0 aromatic rings. The molecule has 0 radical (unpaired) electrons. The number of halogens is 1. The highest BCUT2D eigenvalue weighted by atomic mass is 19.1. The lowest BCUT2D eigenvalue weighted by atomic mass is 9.86. The van der Waals surface area contributed by atoms with Crippen LogP contribution in [0.25, 0.3) is 0 Å². The SMILES string of the molecule is C[C@@H]1CC[C@@H](N)C[C@@H]1F. The second-order valence-electron chi connectivity index (χ2n) is 3.07. The van der Waals surface area contributed by atoms with Crippen molar-refractivity contribution in [3.8, 4) is 0 Å². The molecule has 1 saturated carbocycles. The van der Waals surface area contributed by atoms with Crippen LogP contribution < -0.4 is 5.73 Å². The van der Waals surface area contributed by atoms with Gasteiger partial charge in [-0.1, -0.05) is 6.92 Å². The Morgan fingerprint density at radius 2 is 2.11 bits per heavy atom. The highest BCUT2D eigenvalue weighted by molar-refractivity contribution is 4.78.